The van der Waals surface area contributed by atoms with Gasteiger partial charge in [-0.1, -0.05) is 11.6 Å². The molecule has 2 rings (SSSR count). The summed E-state index contributed by atoms with van der Waals surface area (Å²) in [6.07, 6.45) is 2.34. The highest BCUT2D eigenvalue weighted by Gasteiger charge is 2.21. The van der Waals surface area contributed by atoms with Gasteiger partial charge in [0, 0.05) is 6.07 Å². The number of anilines is 1. The van der Waals surface area contributed by atoms with E-state index < -0.39 is 31.3 Å². The molecule has 0 radical (unpaired) electrons. The predicted molar refractivity (Wildman–Crippen MR) is 72.6 cm³/mol. The third-order valence-corrected chi connectivity index (χ3v) is 3.83. The molecular weight excluding hydrogens is 324 g/mol. The lowest BCUT2D eigenvalue weighted by Crippen LogP contribution is -2.14. The molecule has 0 fully saturated rings. The number of phenolic OH excluding ortho intramolecular Hbond substituents is 1. The van der Waals surface area contributed by atoms with Gasteiger partial charge < -0.3 is 5.11 Å². The van der Waals surface area contributed by atoms with E-state index in [2.05, 4.69) is 14.7 Å². The molecule has 0 aliphatic heterocycles. The monoisotopic (exact) mass is 330 g/mol. The van der Waals surface area contributed by atoms with Crippen molar-refractivity contribution in [3.8, 4) is 5.75 Å². The topological polar surface area (TPSA) is 135 Å². The molecule has 0 unspecified atom stereocenters. The lowest BCUT2D eigenvalue weighted by atomic mass is 10.3. The first-order valence-electron chi connectivity index (χ1n) is 5.27. The van der Waals surface area contributed by atoms with Gasteiger partial charge in [0.05, 0.1) is 22.2 Å². The first-order valence-corrected chi connectivity index (χ1v) is 7.13. The SMILES string of the molecule is O=[N+]([O-])c1cc(S(=O)(=O)Nc2cncc(Cl)n2)ccc1O. The smallest absolute Gasteiger partial charge is 0.312 e. The summed E-state index contributed by atoms with van der Waals surface area (Å²) in [5.41, 5.74) is -0.727. The first-order chi connectivity index (χ1) is 9.79. The van der Waals surface area contributed by atoms with Gasteiger partial charge in [0.2, 0.25) is 0 Å². The maximum atomic E-state index is 12.1. The summed E-state index contributed by atoms with van der Waals surface area (Å²) in [6.45, 7) is 0. The third kappa shape index (κ3) is 3.35. The highest BCUT2D eigenvalue weighted by molar-refractivity contribution is 7.92. The Hall–Kier alpha value is -2.46. The summed E-state index contributed by atoms with van der Waals surface area (Å²) in [4.78, 5) is 16.7. The number of aromatic hydroxyl groups is 1. The number of phenols is 1. The van der Waals surface area contributed by atoms with Crippen molar-refractivity contribution >= 4 is 33.1 Å². The van der Waals surface area contributed by atoms with Crippen LogP contribution in [-0.2, 0) is 10.0 Å². The number of rotatable bonds is 4. The molecule has 1 aromatic carbocycles. The van der Waals surface area contributed by atoms with E-state index in [0.29, 0.717) is 0 Å². The molecule has 0 saturated heterocycles. The largest absolute Gasteiger partial charge is 0.502 e. The summed E-state index contributed by atoms with van der Waals surface area (Å²) in [5, 5.41) is 20.0. The fourth-order valence-electron chi connectivity index (χ4n) is 1.40. The summed E-state index contributed by atoms with van der Waals surface area (Å²) >= 11 is 5.58. The molecule has 110 valence electrons. The van der Waals surface area contributed by atoms with Crippen LogP contribution in [0.2, 0.25) is 5.15 Å². The lowest BCUT2D eigenvalue weighted by molar-refractivity contribution is -0.386. The van der Waals surface area contributed by atoms with Crippen molar-refractivity contribution in [3.05, 3.63) is 45.9 Å². The van der Waals surface area contributed by atoms with E-state index in [1.807, 2.05) is 0 Å². The minimum absolute atomic E-state index is 0.0214. The van der Waals surface area contributed by atoms with Crippen LogP contribution in [0.5, 0.6) is 5.75 Å². The first kappa shape index (κ1) is 14.9. The van der Waals surface area contributed by atoms with E-state index in [1.165, 1.54) is 6.20 Å². The van der Waals surface area contributed by atoms with Crippen LogP contribution in [0.1, 0.15) is 0 Å². The molecule has 0 amide bonds. The number of hydrogen-bond acceptors (Lipinski definition) is 7. The van der Waals surface area contributed by atoms with E-state index in [4.69, 9.17) is 11.6 Å². The van der Waals surface area contributed by atoms with Crippen molar-refractivity contribution in [1.82, 2.24) is 9.97 Å². The molecule has 0 bridgehead atoms. The fraction of sp³-hybridized carbons (Fsp3) is 0. The molecule has 2 N–H and O–H groups in total. The highest BCUT2D eigenvalue weighted by Crippen LogP contribution is 2.28. The Kier molecular flexibility index (Phi) is 3.91. The van der Waals surface area contributed by atoms with Crippen LogP contribution >= 0.6 is 11.6 Å². The average Bonchev–Trinajstić information content (AvgIpc) is 2.38. The summed E-state index contributed by atoms with van der Waals surface area (Å²) < 4.78 is 26.2. The number of aromatic nitrogens is 2. The maximum absolute atomic E-state index is 12.1. The predicted octanol–water partition coefficient (Wildman–Crippen LogP) is 1.54. The zero-order valence-electron chi connectivity index (χ0n) is 10.1. The number of hydrogen-bond donors (Lipinski definition) is 2. The maximum Gasteiger partial charge on any atom is 0.312 e. The molecule has 1 heterocycles. The van der Waals surface area contributed by atoms with E-state index in [-0.39, 0.29) is 11.0 Å². The van der Waals surface area contributed by atoms with Crippen molar-refractivity contribution in [2.75, 3.05) is 4.72 Å². The number of nitro benzene ring substituents is 1. The molecule has 0 spiro atoms. The van der Waals surface area contributed by atoms with Crippen molar-refractivity contribution in [2.45, 2.75) is 4.90 Å². The van der Waals surface area contributed by atoms with Crippen molar-refractivity contribution in [1.29, 1.82) is 0 Å². The number of nitrogens with zero attached hydrogens (tertiary/aromatic N) is 3. The summed E-state index contributed by atoms with van der Waals surface area (Å²) in [6, 6.07) is 2.66. The summed E-state index contributed by atoms with van der Waals surface area (Å²) in [5.74, 6) is -0.778. The van der Waals surface area contributed by atoms with Crippen molar-refractivity contribution in [3.63, 3.8) is 0 Å². The second-order valence-corrected chi connectivity index (χ2v) is 5.81. The normalized spacial score (nSPS) is 11.1. The number of sulfonamides is 1. The van der Waals surface area contributed by atoms with E-state index >= 15 is 0 Å². The second kappa shape index (κ2) is 5.50. The molecule has 2 aromatic rings. The van der Waals surface area contributed by atoms with Crippen LogP contribution in [0.3, 0.4) is 0 Å². The fourth-order valence-corrected chi connectivity index (χ4v) is 2.56. The minimum atomic E-state index is -4.13. The molecular formula is C10H7ClN4O5S. The minimum Gasteiger partial charge on any atom is -0.502 e. The number of nitrogens with one attached hydrogen (secondary N) is 1. The van der Waals surface area contributed by atoms with Crippen molar-refractivity contribution < 1.29 is 18.4 Å². The van der Waals surface area contributed by atoms with Crippen LogP contribution in [0.25, 0.3) is 0 Å². The van der Waals surface area contributed by atoms with Crippen LogP contribution in [0.15, 0.2) is 35.5 Å². The number of halogens is 1. The molecule has 0 atom stereocenters. The van der Waals surface area contributed by atoms with Crippen LogP contribution in [0.4, 0.5) is 11.5 Å². The Morgan fingerprint density at radius 2 is 2.05 bits per heavy atom. The van der Waals surface area contributed by atoms with Gasteiger partial charge >= 0.3 is 5.69 Å². The Morgan fingerprint density at radius 3 is 2.67 bits per heavy atom. The lowest BCUT2D eigenvalue weighted by Gasteiger charge is -2.07. The zero-order valence-corrected chi connectivity index (χ0v) is 11.7. The summed E-state index contributed by atoms with van der Waals surface area (Å²) in [7, 11) is -4.13. The molecule has 1 aromatic heterocycles. The van der Waals surface area contributed by atoms with Gasteiger partial charge in [0.15, 0.2) is 11.6 Å². The third-order valence-electron chi connectivity index (χ3n) is 2.30. The molecule has 11 heteroatoms. The van der Waals surface area contributed by atoms with Gasteiger partial charge in [-0.25, -0.2) is 13.4 Å². The van der Waals surface area contributed by atoms with Crippen molar-refractivity contribution in [2.24, 2.45) is 0 Å². The van der Waals surface area contributed by atoms with Crippen LogP contribution < -0.4 is 4.72 Å². The van der Waals surface area contributed by atoms with E-state index in [9.17, 15) is 23.6 Å². The molecule has 0 saturated carbocycles. The quantitative estimate of drug-likeness (QED) is 0.641. The highest BCUT2D eigenvalue weighted by atomic mass is 35.5. The Morgan fingerprint density at radius 1 is 1.33 bits per heavy atom. The second-order valence-electron chi connectivity index (χ2n) is 3.74. The van der Waals surface area contributed by atoms with Gasteiger partial charge in [-0.05, 0) is 12.1 Å². The van der Waals surface area contributed by atoms with Crippen LogP contribution in [-0.4, -0.2) is 28.4 Å². The molecule has 0 aliphatic carbocycles. The van der Waals surface area contributed by atoms with Crippen LogP contribution in [0, 0.1) is 10.1 Å². The Bertz CT molecular complexity index is 811. The standard InChI is InChI=1S/C10H7ClN4O5S/c11-9-4-12-5-10(13-9)14-21(19,20)6-1-2-8(16)7(3-6)15(17)18/h1-5,16H,(H,13,14). The average molecular weight is 331 g/mol. The zero-order chi connectivity index (χ0) is 15.6. The molecule has 21 heavy (non-hydrogen) atoms. The van der Waals surface area contributed by atoms with E-state index in [1.54, 1.807) is 0 Å². The van der Waals surface area contributed by atoms with Gasteiger partial charge in [-0.2, -0.15) is 0 Å². The molecule has 0 aliphatic rings. The Labute approximate surface area is 123 Å². The molecule has 9 nitrogen and oxygen atoms in total. The Balaban J connectivity index is 2.40. The van der Waals surface area contributed by atoms with Gasteiger partial charge in [-0.3, -0.25) is 19.8 Å². The number of nitro groups is 1. The van der Waals surface area contributed by atoms with E-state index in [0.717, 1.165) is 24.4 Å². The number of benzene rings is 1. The van der Waals surface area contributed by atoms with Gasteiger partial charge in [0.25, 0.3) is 10.0 Å². The van der Waals surface area contributed by atoms with Gasteiger partial charge in [-0.15, -0.1) is 0 Å². The van der Waals surface area contributed by atoms with Gasteiger partial charge in [0.1, 0.15) is 5.15 Å².